The van der Waals surface area contributed by atoms with Crippen molar-refractivity contribution in [1.29, 1.82) is 0 Å². The maximum atomic E-state index is 5.81. The number of nitrogens with two attached hydrogens (primary N) is 1. The van der Waals surface area contributed by atoms with Crippen LogP contribution in [0.3, 0.4) is 0 Å². The molecule has 3 aromatic rings. The summed E-state index contributed by atoms with van der Waals surface area (Å²) in [6.45, 7) is 0.478. The first-order chi connectivity index (χ1) is 10.8. The zero-order valence-electron chi connectivity index (χ0n) is 12.2. The van der Waals surface area contributed by atoms with Crippen molar-refractivity contribution in [3.63, 3.8) is 0 Å². The maximum Gasteiger partial charge on any atom is 0.169 e. The topological polar surface area (TPSA) is 70.5 Å². The normalized spacial score (nSPS) is 10.4. The Morgan fingerprint density at radius 2 is 1.86 bits per heavy atom. The summed E-state index contributed by atoms with van der Waals surface area (Å²) in [7, 11) is 1.60. The average Bonchev–Trinajstić information content (AvgIpc) is 3.00. The van der Waals surface area contributed by atoms with Crippen molar-refractivity contribution < 1.29 is 14.0 Å². The molecule has 2 N–H and O–H groups in total. The molecule has 1 heterocycles. The molecule has 0 atom stereocenters. The van der Waals surface area contributed by atoms with Crippen LogP contribution in [0, 0.1) is 0 Å². The number of methoxy groups -OCH3 is 1. The van der Waals surface area contributed by atoms with E-state index < -0.39 is 0 Å². The molecule has 0 amide bonds. The number of nitrogen functional groups attached to an aromatic ring is 1. The van der Waals surface area contributed by atoms with E-state index in [0.29, 0.717) is 29.7 Å². The quantitative estimate of drug-likeness (QED) is 0.780. The molecule has 0 radical (unpaired) electrons. The van der Waals surface area contributed by atoms with Gasteiger partial charge in [0.2, 0.25) is 0 Å². The highest BCUT2D eigenvalue weighted by Crippen LogP contribution is 2.33. The van der Waals surface area contributed by atoms with Gasteiger partial charge in [-0.2, -0.15) is 0 Å². The lowest BCUT2D eigenvalue weighted by atomic mass is 10.1. The van der Waals surface area contributed by atoms with E-state index >= 15 is 0 Å². The molecular formula is C17H16N2O3. The molecule has 0 aliphatic rings. The van der Waals surface area contributed by atoms with Crippen LogP contribution in [0.1, 0.15) is 5.56 Å². The number of aromatic nitrogens is 1. The van der Waals surface area contributed by atoms with E-state index in [1.807, 2.05) is 48.5 Å². The third-order valence-electron chi connectivity index (χ3n) is 3.21. The molecule has 0 saturated carbocycles. The summed E-state index contributed by atoms with van der Waals surface area (Å²) in [6.07, 6.45) is 0. The largest absolute Gasteiger partial charge is 0.493 e. The Kier molecular flexibility index (Phi) is 3.96. The zero-order valence-corrected chi connectivity index (χ0v) is 12.2. The minimum Gasteiger partial charge on any atom is -0.493 e. The van der Waals surface area contributed by atoms with Crippen LogP contribution in [0.5, 0.6) is 11.5 Å². The monoisotopic (exact) mass is 296 g/mol. The van der Waals surface area contributed by atoms with Crippen LogP contribution in [0.4, 0.5) is 5.82 Å². The van der Waals surface area contributed by atoms with Gasteiger partial charge in [-0.15, -0.1) is 0 Å². The van der Waals surface area contributed by atoms with Gasteiger partial charge in [0.25, 0.3) is 0 Å². The van der Waals surface area contributed by atoms with Crippen LogP contribution in [0.25, 0.3) is 11.3 Å². The van der Waals surface area contributed by atoms with E-state index in [1.54, 1.807) is 13.2 Å². The summed E-state index contributed by atoms with van der Waals surface area (Å²) in [6, 6.07) is 17.2. The Hall–Kier alpha value is -2.95. The van der Waals surface area contributed by atoms with Crippen molar-refractivity contribution in [2.75, 3.05) is 12.8 Å². The van der Waals surface area contributed by atoms with Gasteiger partial charge in [-0.1, -0.05) is 35.5 Å². The standard InChI is InChI=1S/C17H16N2O3/c1-20-16-9-13(15-10-17(18)19-22-15)7-8-14(16)21-11-12-5-3-2-4-6-12/h2-10H,11H2,1H3,(H2,18,19). The van der Waals surface area contributed by atoms with Crippen molar-refractivity contribution in [1.82, 2.24) is 5.16 Å². The van der Waals surface area contributed by atoms with Crippen LogP contribution < -0.4 is 15.2 Å². The molecule has 2 aromatic carbocycles. The van der Waals surface area contributed by atoms with Gasteiger partial charge in [0.15, 0.2) is 23.1 Å². The van der Waals surface area contributed by atoms with Crippen molar-refractivity contribution in [3.05, 3.63) is 60.2 Å². The third-order valence-corrected chi connectivity index (χ3v) is 3.21. The van der Waals surface area contributed by atoms with Crippen molar-refractivity contribution >= 4 is 5.82 Å². The fourth-order valence-corrected chi connectivity index (χ4v) is 2.10. The summed E-state index contributed by atoms with van der Waals surface area (Å²) in [5.74, 6) is 2.23. The average molecular weight is 296 g/mol. The van der Waals surface area contributed by atoms with Gasteiger partial charge in [0.1, 0.15) is 6.61 Å². The van der Waals surface area contributed by atoms with Gasteiger partial charge < -0.3 is 19.7 Å². The number of rotatable bonds is 5. The van der Waals surface area contributed by atoms with Crippen molar-refractivity contribution in [2.45, 2.75) is 6.61 Å². The molecule has 22 heavy (non-hydrogen) atoms. The molecule has 0 aliphatic carbocycles. The van der Waals surface area contributed by atoms with Crippen LogP contribution in [-0.4, -0.2) is 12.3 Å². The Morgan fingerprint density at radius 1 is 1.05 bits per heavy atom. The van der Waals surface area contributed by atoms with Gasteiger partial charge in [0.05, 0.1) is 7.11 Å². The first-order valence-electron chi connectivity index (χ1n) is 6.83. The SMILES string of the molecule is COc1cc(-c2cc(N)no2)ccc1OCc1ccccc1. The summed E-state index contributed by atoms with van der Waals surface area (Å²) in [5.41, 5.74) is 7.49. The Labute approximate surface area is 128 Å². The van der Waals surface area contributed by atoms with E-state index in [0.717, 1.165) is 11.1 Å². The molecule has 5 heteroatoms. The molecule has 0 spiro atoms. The fourth-order valence-electron chi connectivity index (χ4n) is 2.10. The third kappa shape index (κ3) is 3.03. The summed E-state index contributed by atoms with van der Waals surface area (Å²) in [4.78, 5) is 0. The maximum absolute atomic E-state index is 5.81. The summed E-state index contributed by atoms with van der Waals surface area (Å²) < 4.78 is 16.3. The minimum absolute atomic E-state index is 0.346. The molecule has 3 rings (SSSR count). The number of nitrogens with zero attached hydrogens (tertiary/aromatic N) is 1. The van der Waals surface area contributed by atoms with E-state index in [1.165, 1.54) is 0 Å². The number of hydrogen-bond donors (Lipinski definition) is 1. The van der Waals surface area contributed by atoms with Crippen LogP contribution >= 0.6 is 0 Å². The smallest absolute Gasteiger partial charge is 0.169 e. The second-order valence-corrected chi connectivity index (χ2v) is 4.76. The lowest BCUT2D eigenvalue weighted by molar-refractivity contribution is 0.284. The van der Waals surface area contributed by atoms with E-state index in [-0.39, 0.29) is 0 Å². The van der Waals surface area contributed by atoms with E-state index in [2.05, 4.69) is 5.16 Å². The highest BCUT2D eigenvalue weighted by Gasteiger charge is 2.10. The first kappa shape index (κ1) is 14.0. The molecule has 112 valence electrons. The minimum atomic E-state index is 0.346. The van der Waals surface area contributed by atoms with Gasteiger partial charge in [-0.25, -0.2) is 0 Å². The molecule has 5 nitrogen and oxygen atoms in total. The number of hydrogen-bond acceptors (Lipinski definition) is 5. The van der Waals surface area contributed by atoms with Crippen molar-refractivity contribution in [2.24, 2.45) is 0 Å². The highest BCUT2D eigenvalue weighted by molar-refractivity contribution is 5.64. The van der Waals surface area contributed by atoms with Crippen LogP contribution in [-0.2, 0) is 6.61 Å². The van der Waals surface area contributed by atoms with Gasteiger partial charge in [-0.3, -0.25) is 0 Å². The summed E-state index contributed by atoms with van der Waals surface area (Å²) in [5, 5.41) is 3.68. The molecule has 1 aromatic heterocycles. The molecule has 0 aliphatic heterocycles. The predicted octanol–water partition coefficient (Wildman–Crippen LogP) is 3.51. The predicted molar refractivity (Wildman–Crippen MR) is 83.7 cm³/mol. The second-order valence-electron chi connectivity index (χ2n) is 4.76. The van der Waals surface area contributed by atoms with Crippen LogP contribution in [0.2, 0.25) is 0 Å². The van der Waals surface area contributed by atoms with Crippen molar-refractivity contribution in [3.8, 4) is 22.8 Å². The molecule has 0 saturated heterocycles. The summed E-state index contributed by atoms with van der Waals surface area (Å²) >= 11 is 0. The zero-order chi connectivity index (χ0) is 15.4. The molecule has 0 bridgehead atoms. The van der Waals surface area contributed by atoms with Gasteiger partial charge in [-0.05, 0) is 23.8 Å². The number of ether oxygens (including phenoxy) is 2. The molecular weight excluding hydrogens is 280 g/mol. The van der Waals surface area contributed by atoms with Crippen LogP contribution in [0.15, 0.2) is 59.1 Å². The van der Waals surface area contributed by atoms with Gasteiger partial charge >= 0.3 is 0 Å². The Morgan fingerprint density at radius 3 is 2.55 bits per heavy atom. The molecule has 0 fully saturated rings. The lowest BCUT2D eigenvalue weighted by Crippen LogP contribution is -1.97. The highest BCUT2D eigenvalue weighted by atomic mass is 16.5. The van der Waals surface area contributed by atoms with E-state index in [4.69, 9.17) is 19.7 Å². The number of anilines is 1. The van der Waals surface area contributed by atoms with Gasteiger partial charge in [0, 0.05) is 11.6 Å². The molecule has 0 unspecified atom stereocenters. The first-order valence-corrected chi connectivity index (χ1v) is 6.83. The lowest BCUT2D eigenvalue weighted by Gasteiger charge is -2.11. The Bertz CT molecular complexity index is 754. The number of benzene rings is 2. The second kappa shape index (κ2) is 6.22. The fraction of sp³-hybridized carbons (Fsp3) is 0.118. The Balaban J connectivity index is 1.80. The van der Waals surface area contributed by atoms with E-state index in [9.17, 15) is 0 Å².